The maximum Gasteiger partial charge on any atom is 0.262 e. The Balaban J connectivity index is 1.69. The number of fused-ring (bicyclic) bond motifs is 1. The lowest BCUT2D eigenvalue weighted by Crippen LogP contribution is -2.35. The monoisotopic (exact) mass is 434 g/mol. The number of para-hydroxylation sites is 1. The van der Waals surface area contributed by atoms with Gasteiger partial charge < -0.3 is 4.90 Å². The van der Waals surface area contributed by atoms with Crippen molar-refractivity contribution in [2.75, 3.05) is 9.62 Å². The van der Waals surface area contributed by atoms with Crippen LogP contribution in [0.15, 0.2) is 65.6 Å². The highest BCUT2D eigenvalue weighted by molar-refractivity contribution is 7.92. The van der Waals surface area contributed by atoms with Gasteiger partial charge in [-0.15, -0.1) is 0 Å². The minimum Gasteiger partial charge on any atom is -0.305 e. The number of carbonyl (C=O) groups is 1. The van der Waals surface area contributed by atoms with Crippen LogP contribution in [0.1, 0.15) is 39.5 Å². The minimum absolute atomic E-state index is 0.0136. The van der Waals surface area contributed by atoms with E-state index in [0.29, 0.717) is 16.8 Å². The molecule has 6 heteroatoms. The molecule has 0 radical (unpaired) electrons. The number of aryl methyl sites for hydroxylation is 3. The summed E-state index contributed by atoms with van der Waals surface area (Å²) in [6.45, 7) is 7.58. The van der Waals surface area contributed by atoms with Gasteiger partial charge in [-0.1, -0.05) is 30.3 Å². The largest absolute Gasteiger partial charge is 0.305 e. The summed E-state index contributed by atoms with van der Waals surface area (Å²) in [6, 6.07) is 18.3. The van der Waals surface area contributed by atoms with Gasteiger partial charge in [0.25, 0.3) is 15.9 Å². The first-order valence-electron chi connectivity index (χ1n) is 10.3. The van der Waals surface area contributed by atoms with Gasteiger partial charge in [-0.2, -0.15) is 0 Å². The number of amides is 1. The molecule has 160 valence electrons. The number of rotatable bonds is 4. The molecule has 1 aliphatic rings. The normalized spacial score (nSPS) is 15.6. The standard InChI is InChI=1S/C25H26N2O3S/c1-16-11-17(2)13-22(12-16)26-31(29,30)24-15-21(10-9-18(24)3)25(28)27-19(4)14-20-7-5-6-8-23(20)27/h5-13,15,19,26H,14H2,1-4H3/t19-/m1/s1. The molecule has 0 bridgehead atoms. The molecule has 0 aliphatic carbocycles. The molecule has 3 aromatic carbocycles. The van der Waals surface area contributed by atoms with E-state index in [9.17, 15) is 13.2 Å². The Morgan fingerprint density at radius 1 is 0.968 bits per heavy atom. The smallest absolute Gasteiger partial charge is 0.262 e. The summed E-state index contributed by atoms with van der Waals surface area (Å²) in [6.07, 6.45) is 0.785. The highest BCUT2D eigenvalue weighted by Crippen LogP contribution is 2.33. The van der Waals surface area contributed by atoms with E-state index in [0.717, 1.165) is 28.8 Å². The van der Waals surface area contributed by atoms with Crippen molar-refractivity contribution in [2.24, 2.45) is 0 Å². The molecule has 1 atom stereocenters. The first-order valence-corrected chi connectivity index (χ1v) is 11.8. The van der Waals surface area contributed by atoms with Crippen LogP contribution in [0.5, 0.6) is 0 Å². The SMILES string of the molecule is Cc1cc(C)cc(NS(=O)(=O)c2cc(C(=O)N3c4ccccc4C[C@H]3C)ccc2C)c1. The molecular weight excluding hydrogens is 408 g/mol. The van der Waals surface area contributed by atoms with Crippen molar-refractivity contribution in [1.82, 2.24) is 0 Å². The van der Waals surface area contributed by atoms with Crippen molar-refractivity contribution in [3.8, 4) is 0 Å². The van der Waals surface area contributed by atoms with Gasteiger partial charge in [0.2, 0.25) is 0 Å². The number of benzene rings is 3. The van der Waals surface area contributed by atoms with Crippen molar-refractivity contribution in [1.29, 1.82) is 0 Å². The van der Waals surface area contributed by atoms with Crippen molar-refractivity contribution in [3.63, 3.8) is 0 Å². The molecule has 5 nitrogen and oxygen atoms in total. The summed E-state index contributed by atoms with van der Waals surface area (Å²) in [5.41, 5.74) is 5.41. The number of sulfonamides is 1. The highest BCUT2D eigenvalue weighted by atomic mass is 32.2. The number of hydrogen-bond donors (Lipinski definition) is 1. The van der Waals surface area contributed by atoms with Crippen molar-refractivity contribution in [2.45, 2.75) is 45.1 Å². The molecule has 0 aromatic heterocycles. The minimum atomic E-state index is -3.85. The van der Waals surface area contributed by atoms with Crippen molar-refractivity contribution >= 4 is 27.3 Å². The van der Waals surface area contributed by atoms with Crippen LogP contribution in [-0.4, -0.2) is 20.4 Å². The third kappa shape index (κ3) is 4.08. The summed E-state index contributed by atoms with van der Waals surface area (Å²) >= 11 is 0. The average Bonchev–Trinajstić information content (AvgIpc) is 3.02. The van der Waals surface area contributed by atoms with Gasteiger partial charge in [-0.3, -0.25) is 9.52 Å². The van der Waals surface area contributed by atoms with Crippen LogP contribution in [0.3, 0.4) is 0 Å². The predicted octanol–water partition coefficient (Wildman–Crippen LogP) is 5.00. The molecule has 31 heavy (non-hydrogen) atoms. The molecule has 0 spiro atoms. The fraction of sp³-hybridized carbons (Fsp3) is 0.240. The summed E-state index contributed by atoms with van der Waals surface area (Å²) in [5.74, 6) is -0.194. The van der Waals surface area contributed by atoms with Gasteiger partial charge in [0, 0.05) is 23.0 Å². The van der Waals surface area contributed by atoms with Gasteiger partial charge in [0.1, 0.15) is 0 Å². The fourth-order valence-electron chi connectivity index (χ4n) is 4.28. The van der Waals surface area contributed by atoms with E-state index in [2.05, 4.69) is 4.72 Å². The second kappa shape index (κ2) is 7.85. The molecule has 1 aliphatic heterocycles. The zero-order valence-electron chi connectivity index (χ0n) is 18.1. The lowest BCUT2D eigenvalue weighted by atomic mass is 10.1. The van der Waals surface area contributed by atoms with E-state index in [-0.39, 0.29) is 16.8 Å². The van der Waals surface area contributed by atoms with Crippen LogP contribution in [-0.2, 0) is 16.4 Å². The van der Waals surface area contributed by atoms with Crippen molar-refractivity contribution < 1.29 is 13.2 Å². The Kier molecular flexibility index (Phi) is 5.35. The Bertz CT molecular complexity index is 1260. The summed E-state index contributed by atoms with van der Waals surface area (Å²) in [7, 11) is -3.85. The van der Waals surface area contributed by atoms with Gasteiger partial charge in [-0.25, -0.2) is 8.42 Å². The van der Waals surface area contributed by atoms with Gasteiger partial charge in [0.15, 0.2) is 0 Å². The molecule has 3 aromatic rings. The van der Waals surface area contributed by atoms with E-state index in [1.165, 1.54) is 6.07 Å². The number of nitrogens with one attached hydrogen (secondary N) is 1. The summed E-state index contributed by atoms with van der Waals surface area (Å²) in [5, 5.41) is 0. The zero-order valence-corrected chi connectivity index (χ0v) is 19.0. The van der Waals surface area contributed by atoms with E-state index >= 15 is 0 Å². The second-order valence-corrected chi connectivity index (χ2v) is 9.97. The third-order valence-corrected chi connectivity index (χ3v) is 7.15. The van der Waals surface area contributed by atoms with E-state index in [1.54, 1.807) is 36.1 Å². The number of nitrogens with zero attached hydrogens (tertiary/aromatic N) is 1. The highest BCUT2D eigenvalue weighted by Gasteiger charge is 2.32. The lowest BCUT2D eigenvalue weighted by molar-refractivity contribution is 0.0981. The fourth-order valence-corrected chi connectivity index (χ4v) is 5.59. The van der Waals surface area contributed by atoms with E-state index in [1.807, 2.05) is 51.1 Å². The van der Waals surface area contributed by atoms with Crippen LogP contribution in [0, 0.1) is 20.8 Å². The third-order valence-electron chi connectivity index (χ3n) is 5.62. The number of carbonyl (C=O) groups excluding carboxylic acids is 1. The van der Waals surface area contributed by atoms with Gasteiger partial charge >= 0.3 is 0 Å². The predicted molar refractivity (Wildman–Crippen MR) is 124 cm³/mol. The Morgan fingerprint density at radius 3 is 2.35 bits per heavy atom. The number of hydrogen-bond acceptors (Lipinski definition) is 3. The van der Waals surface area contributed by atoms with Crippen LogP contribution in [0.2, 0.25) is 0 Å². The van der Waals surface area contributed by atoms with Crippen LogP contribution >= 0.6 is 0 Å². The zero-order chi connectivity index (χ0) is 22.3. The van der Waals surface area contributed by atoms with E-state index in [4.69, 9.17) is 0 Å². The van der Waals surface area contributed by atoms with Crippen LogP contribution in [0.25, 0.3) is 0 Å². The Labute approximate surface area is 183 Å². The van der Waals surface area contributed by atoms with Gasteiger partial charge in [-0.05, 0) is 86.7 Å². The second-order valence-electron chi connectivity index (χ2n) is 8.32. The molecule has 4 rings (SSSR count). The molecule has 0 fully saturated rings. The molecule has 1 heterocycles. The molecule has 1 amide bonds. The molecule has 0 saturated carbocycles. The Hall–Kier alpha value is -3.12. The topological polar surface area (TPSA) is 66.5 Å². The quantitative estimate of drug-likeness (QED) is 0.628. The molecular formula is C25H26N2O3S. The maximum absolute atomic E-state index is 13.4. The average molecular weight is 435 g/mol. The summed E-state index contributed by atoms with van der Waals surface area (Å²) < 4.78 is 29.0. The lowest BCUT2D eigenvalue weighted by Gasteiger charge is -2.23. The maximum atomic E-state index is 13.4. The van der Waals surface area contributed by atoms with Gasteiger partial charge in [0.05, 0.1) is 4.90 Å². The number of anilines is 2. The first kappa shape index (κ1) is 21.1. The molecule has 0 unspecified atom stereocenters. The first-order chi connectivity index (χ1) is 14.7. The summed E-state index contributed by atoms with van der Waals surface area (Å²) in [4.78, 5) is 15.2. The van der Waals surface area contributed by atoms with Crippen LogP contribution in [0.4, 0.5) is 11.4 Å². The van der Waals surface area contributed by atoms with Crippen molar-refractivity contribution in [3.05, 3.63) is 88.5 Å². The van der Waals surface area contributed by atoms with Crippen LogP contribution < -0.4 is 9.62 Å². The van der Waals surface area contributed by atoms with E-state index < -0.39 is 10.0 Å². The molecule has 1 N–H and O–H groups in total. The molecule has 0 saturated heterocycles. The Morgan fingerprint density at radius 2 is 1.65 bits per heavy atom.